The zero-order chi connectivity index (χ0) is 13.8. The normalized spacial score (nSPS) is 11.2. The Kier molecular flexibility index (Phi) is 4.11. The highest BCUT2D eigenvalue weighted by Gasteiger charge is 2.12. The molecule has 0 saturated heterocycles. The Morgan fingerprint density at radius 1 is 1.37 bits per heavy atom. The van der Waals surface area contributed by atoms with Crippen LogP contribution in [0, 0.1) is 6.92 Å². The number of nitrogens with two attached hydrogens (primary N) is 1. The molecule has 0 amide bonds. The summed E-state index contributed by atoms with van der Waals surface area (Å²) in [5, 5.41) is 11.8. The standard InChI is InChI=1S/C13H19N5O/c1-9(2)19-8-7-18-13(15-16-17-18)11-5-4-6-12(14)10(11)3/h4-6,9H,7-8,14H2,1-3H3. The molecule has 0 aliphatic heterocycles. The molecule has 6 nitrogen and oxygen atoms in total. The highest BCUT2D eigenvalue weighted by atomic mass is 16.5. The molecule has 2 aromatic rings. The van der Waals surface area contributed by atoms with Gasteiger partial charge in [-0.15, -0.1) is 5.10 Å². The van der Waals surface area contributed by atoms with Crippen LogP contribution in [0.25, 0.3) is 11.4 Å². The fraction of sp³-hybridized carbons (Fsp3) is 0.462. The van der Waals surface area contributed by atoms with E-state index in [1.165, 1.54) is 0 Å². The monoisotopic (exact) mass is 261 g/mol. The number of aromatic nitrogens is 4. The molecule has 0 unspecified atom stereocenters. The summed E-state index contributed by atoms with van der Waals surface area (Å²) in [7, 11) is 0. The van der Waals surface area contributed by atoms with Gasteiger partial charge in [-0.1, -0.05) is 12.1 Å². The third-order valence-electron chi connectivity index (χ3n) is 2.90. The number of nitrogen functional groups attached to an aromatic ring is 1. The summed E-state index contributed by atoms with van der Waals surface area (Å²) in [6.45, 7) is 7.17. The Hall–Kier alpha value is -1.95. The summed E-state index contributed by atoms with van der Waals surface area (Å²) in [4.78, 5) is 0. The SMILES string of the molecule is Cc1c(N)cccc1-c1nnnn1CCOC(C)C. The van der Waals surface area contributed by atoms with E-state index in [9.17, 15) is 0 Å². The summed E-state index contributed by atoms with van der Waals surface area (Å²) in [5.74, 6) is 0.720. The highest BCUT2D eigenvalue weighted by Crippen LogP contribution is 2.24. The minimum atomic E-state index is 0.203. The van der Waals surface area contributed by atoms with Crippen molar-refractivity contribution in [1.82, 2.24) is 20.2 Å². The number of rotatable bonds is 5. The first-order valence-corrected chi connectivity index (χ1v) is 6.33. The van der Waals surface area contributed by atoms with Crippen molar-refractivity contribution >= 4 is 5.69 Å². The Morgan fingerprint density at radius 3 is 2.89 bits per heavy atom. The van der Waals surface area contributed by atoms with Crippen molar-refractivity contribution in [1.29, 1.82) is 0 Å². The van der Waals surface area contributed by atoms with Gasteiger partial charge in [-0.2, -0.15) is 0 Å². The van der Waals surface area contributed by atoms with Crippen LogP contribution in [-0.2, 0) is 11.3 Å². The minimum absolute atomic E-state index is 0.203. The van der Waals surface area contributed by atoms with Gasteiger partial charge in [0.25, 0.3) is 0 Å². The van der Waals surface area contributed by atoms with Crippen LogP contribution in [0.5, 0.6) is 0 Å². The third kappa shape index (κ3) is 3.08. The van der Waals surface area contributed by atoms with Gasteiger partial charge in [0.05, 0.1) is 19.3 Å². The topological polar surface area (TPSA) is 78.9 Å². The molecule has 0 aliphatic rings. The van der Waals surface area contributed by atoms with E-state index in [-0.39, 0.29) is 6.10 Å². The lowest BCUT2D eigenvalue weighted by atomic mass is 10.1. The summed E-state index contributed by atoms with van der Waals surface area (Å²) in [6.07, 6.45) is 0.203. The van der Waals surface area contributed by atoms with E-state index in [0.717, 1.165) is 22.6 Å². The summed E-state index contributed by atoms with van der Waals surface area (Å²) >= 11 is 0. The van der Waals surface area contributed by atoms with Gasteiger partial charge in [0.15, 0.2) is 5.82 Å². The molecule has 0 bridgehead atoms. The van der Waals surface area contributed by atoms with Gasteiger partial charge < -0.3 is 10.5 Å². The molecule has 0 fully saturated rings. The Balaban J connectivity index is 2.21. The Morgan fingerprint density at radius 2 is 2.16 bits per heavy atom. The second-order valence-electron chi connectivity index (χ2n) is 4.66. The van der Waals surface area contributed by atoms with Gasteiger partial charge in [-0.05, 0) is 42.8 Å². The first-order chi connectivity index (χ1) is 9.09. The van der Waals surface area contributed by atoms with Gasteiger partial charge in [-0.3, -0.25) is 0 Å². The maximum Gasteiger partial charge on any atom is 0.182 e. The summed E-state index contributed by atoms with van der Waals surface area (Å²) in [6, 6.07) is 5.74. The quantitative estimate of drug-likeness (QED) is 0.828. The van der Waals surface area contributed by atoms with Crippen molar-refractivity contribution in [2.45, 2.75) is 33.4 Å². The predicted molar refractivity (Wildman–Crippen MR) is 73.5 cm³/mol. The van der Waals surface area contributed by atoms with E-state index in [0.29, 0.717) is 13.2 Å². The predicted octanol–water partition coefficient (Wildman–Crippen LogP) is 1.66. The second-order valence-corrected chi connectivity index (χ2v) is 4.66. The lowest BCUT2D eigenvalue weighted by molar-refractivity contribution is 0.0709. The molecule has 6 heteroatoms. The molecule has 0 aliphatic carbocycles. The molecule has 0 saturated carbocycles. The molecule has 2 rings (SSSR count). The van der Waals surface area contributed by atoms with E-state index in [1.54, 1.807) is 4.68 Å². The number of nitrogens with zero attached hydrogens (tertiary/aromatic N) is 4. The maximum absolute atomic E-state index is 5.91. The zero-order valence-corrected chi connectivity index (χ0v) is 11.5. The highest BCUT2D eigenvalue weighted by molar-refractivity contribution is 5.67. The molecule has 1 aromatic carbocycles. The van der Waals surface area contributed by atoms with E-state index in [2.05, 4.69) is 15.5 Å². The Labute approximate surface area is 112 Å². The fourth-order valence-electron chi connectivity index (χ4n) is 1.82. The van der Waals surface area contributed by atoms with Crippen molar-refractivity contribution in [3.8, 4) is 11.4 Å². The van der Waals surface area contributed by atoms with Crippen molar-refractivity contribution in [2.75, 3.05) is 12.3 Å². The van der Waals surface area contributed by atoms with Crippen LogP contribution in [0.15, 0.2) is 18.2 Å². The summed E-state index contributed by atoms with van der Waals surface area (Å²) in [5.41, 5.74) is 8.60. The van der Waals surface area contributed by atoms with Crippen LogP contribution in [0.2, 0.25) is 0 Å². The largest absolute Gasteiger partial charge is 0.398 e. The average Bonchev–Trinajstić information content (AvgIpc) is 2.80. The van der Waals surface area contributed by atoms with Crippen molar-refractivity contribution in [2.24, 2.45) is 0 Å². The van der Waals surface area contributed by atoms with Crippen molar-refractivity contribution < 1.29 is 4.74 Å². The second kappa shape index (κ2) is 5.79. The summed E-state index contributed by atoms with van der Waals surface area (Å²) < 4.78 is 7.26. The first-order valence-electron chi connectivity index (χ1n) is 6.33. The van der Waals surface area contributed by atoms with Crippen LogP contribution >= 0.6 is 0 Å². The van der Waals surface area contributed by atoms with E-state index >= 15 is 0 Å². The lowest BCUT2D eigenvalue weighted by Gasteiger charge is -2.10. The van der Waals surface area contributed by atoms with Crippen molar-refractivity contribution in [3.63, 3.8) is 0 Å². The zero-order valence-electron chi connectivity index (χ0n) is 11.5. The van der Waals surface area contributed by atoms with E-state index in [4.69, 9.17) is 10.5 Å². The molecule has 0 radical (unpaired) electrons. The van der Waals surface area contributed by atoms with Crippen molar-refractivity contribution in [3.05, 3.63) is 23.8 Å². The van der Waals surface area contributed by atoms with E-state index in [1.807, 2.05) is 39.0 Å². The first kappa shape index (κ1) is 13.5. The van der Waals surface area contributed by atoms with Gasteiger partial charge in [-0.25, -0.2) is 4.68 Å². The fourth-order valence-corrected chi connectivity index (χ4v) is 1.82. The number of ether oxygens (including phenoxy) is 1. The molecule has 2 N–H and O–H groups in total. The molecule has 19 heavy (non-hydrogen) atoms. The van der Waals surface area contributed by atoms with Crippen LogP contribution in [0.3, 0.4) is 0 Å². The maximum atomic E-state index is 5.91. The average molecular weight is 261 g/mol. The minimum Gasteiger partial charge on any atom is -0.398 e. The number of tetrazole rings is 1. The number of benzene rings is 1. The number of anilines is 1. The molecular weight excluding hydrogens is 242 g/mol. The molecule has 102 valence electrons. The Bertz CT molecular complexity index is 550. The molecular formula is C13H19N5O. The van der Waals surface area contributed by atoms with Gasteiger partial charge in [0, 0.05) is 11.3 Å². The molecule has 0 atom stereocenters. The third-order valence-corrected chi connectivity index (χ3v) is 2.90. The lowest BCUT2D eigenvalue weighted by Crippen LogP contribution is -2.13. The number of hydrogen-bond donors (Lipinski definition) is 1. The van der Waals surface area contributed by atoms with Crippen LogP contribution in [0.1, 0.15) is 19.4 Å². The smallest absolute Gasteiger partial charge is 0.182 e. The van der Waals surface area contributed by atoms with Crippen LogP contribution < -0.4 is 5.73 Å². The molecule has 1 heterocycles. The van der Waals surface area contributed by atoms with Gasteiger partial charge >= 0.3 is 0 Å². The molecule has 0 spiro atoms. The van der Waals surface area contributed by atoms with Crippen LogP contribution in [0.4, 0.5) is 5.69 Å². The van der Waals surface area contributed by atoms with Crippen LogP contribution in [-0.4, -0.2) is 32.9 Å². The van der Waals surface area contributed by atoms with Gasteiger partial charge in [0.1, 0.15) is 0 Å². The van der Waals surface area contributed by atoms with E-state index < -0.39 is 0 Å². The molecule has 1 aromatic heterocycles. The van der Waals surface area contributed by atoms with Gasteiger partial charge in [0.2, 0.25) is 0 Å². The number of hydrogen-bond acceptors (Lipinski definition) is 5.